The Bertz CT molecular complexity index is 1040. The Kier molecular flexibility index (Phi) is 5.82. The average molecular weight is 419 g/mol. The first kappa shape index (κ1) is 20.0. The van der Waals surface area contributed by atoms with Crippen molar-refractivity contribution in [3.05, 3.63) is 69.4 Å². The molecule has 0 N–H and O–H groups in total. The van der Waals surface area contributed by atoms with Gasteiger partial charge in [-0.3, -0.25) is 14.4 Å². The summed E-state index contributed by atoms with van der Waals surface area (Å²) in [6.45, 7) is 1.28. The minimum atomic E-state index is -0.885. The summed E-state index contributed by atoms with van der Waals surface area (Å²) in [6.07, 6.45) is 6.07. The number of hydrogen-bond acceptors (Lipinski definition) is 5. The van der Waals surface area contributed by atoms with Crippen molar-refractivity contribution in [1.29, 1.82) is 0 Å². The summed E-state index contributed by atoms with van der Waals surface area (Å²) >= 11 is 12.0. The number of benzene rings is 1. The van der Waals surface area contributed by atoms with Crippen molar-refractivity contribution < 1.29 is 19.1 Å². The normalized spacial score (nSPS) is 15.7. The highest BCUT2D eigenvalue weighted by Crippen LogP contribution is 2.29. The van der Waals surface area contributed by atoms with Crippen LogP contribution in [0.2, 0.25) is 10.0 Å². The Labute approximate surface area is 171 Å². The van der Waals surface area contributed by atoms with Crippen molar-refractivity contribution in [2.75, 3.05) is 6.61 Å². The predicted octanol–water partition coefficient (Wildman–Crippen LogP) is 3.53. The Morgan fingerprint density at radius 2 is 2.00 bits per heavy atom. The van der Waals surface area contributed by atoms with Crippen LogP contribution in [-0.2, 0) is 16.6 Å². The second-order valence-corrected chi connectivity index (χ2v) is 7.07. The highest BCUT2D eigenvalue weighted by molar-refractivity contribution is 6.37. The first-order chi connectivity index (χ1) is 13.3. The van der Waals surface area contributed by atoms with Gasteiger partial charge in [-0.1, -0.05) is 41.4 Å². The smallest absolute Gasteiger partial charge is 0.223 e. The maximum Gasteiger partial charge on any atom is 0.223 e. The molecule has 28 heavy (non-hydrogen) atoms. The predicted molar refractivity (Wildman–Crippen MR) is 105 cm³/mol. The lowest BCUT2D eigenvalue weighted by molar-refractivity contribution is -0.129. The molecule has 0 saturated heterocycles. The standard InChI is InChI=1S/C20H16Cl2N2O4/c1-11-18(19(27)13-8-7-12(21)9-15(13)22)20(24(2)23-11)28-10-17(26)14-5-3-4-6-16(14)25/h3-9,14H,10H2,1-2H3. The average Bonchev–Trinajstić information content (AvgIpc) is 2.92. The van der Waals surface area contributed by atoms with Crippen LogP contribution in [0.15, 0.2) is 42.5 Å². The van der Waals surface area contributed by atoms with E-state index in [0.717, 1.165) is 0 Å². The minimum Gasteiger partial charge on any atom is -0.469 e. The van der Waals surface area contributed by atoms with Crippen LogP contribution in [-0.4, -0.2) is 33.7 Å². The van der Waals surface area contributed by atoms with E-state index in [1.165, 1.54) is 29.0 Å². The van der Waals surface area contributed by atoms with Crippen LogP contribution in [0, 0.1) is 12.8 Å². The third-order valence-corrected chi connectivity index (χ3v) is 4.80. The summed E-state index contributed by atoms with van der Waals surface area (Å²) in [5.41, 5.74) is 0.872. The molecule has 6 nitrogen and oxygen atoms in total. The maximum atomic E-state index is 13.0. The van der Waals surface area contributed by atoms with Crippen LogP contribution in [0.4, 0.5) is 0 Å². The molecule has 0 aliphatic heterocycles. The van der Waals surface area contributed by atoms with Gasteiger partial charge in [0.25, 0.3) is 0 Å². The van der Waals surface area contributed by atoms with E-state index < -0.39 is 17.5 Å². The topological polar surface area (TPSA) is 78.3 Å². The molecule has 1 aliphatic carbocycles. The molecule has 144 valence electrons. The lowest BCUT2D eigenvalue weighted by atomic mass is 9.95. The lowest BCUT2D eigenvalue weighted by Crippen LogP contribution is -2.27. The Morgan fingerprint density at radius 1 is 1.25 bits per heavy atom. The molecule has 0 spiro atoms. The van der Waals surface area contributed by atoms with Crippen molar-refractivity contribution >= 4 is 40.6 Å². The molecule has 8 heteroatoms. The van der Waals surface area contributed by atoms with Crippen molar-refractivity contribution in [2.24, 2.45) is 13.0 Å². The van der Waals surface area contributed by atoms with Gasteiger partial charge in [0.15, 0.2) is 11.6 Å². The fraction of sp³-hybridized carbons (Fsp3) is 0.200. The number of carbonyl (C=O) groups is 3. The van der Waals surface area contributed by atoms with Gasteiger partial charge >= 0.3 is 0 Å². The minimum absolute atomic E-state index is 0.129. The van der Waals surface area contributed by atoms with Gasteiger partial charge in [0.05, 0.1) is 10.7 Å². The molecule has 1 unspecified atom stereocenters. The molecule has 1 aromatic heterocycles. The second kappa shape index (κ2) is 8.12. The monoisotopic (exact) mass is 418 g/mol. The van der Waals surface area contributed by atoms with Gasteiger partial charge in [-0.15, -0.1) is 0 Å². The summed E-state index contributed by atoms with van der Waals surface area (Å²) in [6, 6.07) is 4.55. The molecule has 2 aromatic rings. The molecule has 0 saturated carbocycles. The molecule has 0 bridgehead atoms. The van der Waals surface area contributed by atoms with E-state index >= 15 is 0 Å². The molecule has 0 radical (unpaired) electrons. The second-order valence-electron chi connectivity index (χ2n) is 6.22. The number of carbonyl (C=O) groups excluding carboxylic acids is 3. The SMILES string of the molecule is Cc1nn(C)c(OCC(=O)C2C=CC=CC2=O)c1C(=O)c1ccc(Cl)cc1Cl. The number of hydrogen-bond donors (Lipinski definition) is 0. The number of Topliss-reactive ketones (excluding diaryl/α,β-unsaturated/α-hetero) is 1. The Balaban J connectivity index is 1.86. The number of halogens is 2. The van der Waals surface area contributed by atoms with Crippen LogP contribution in [0.1, 0.15) is 21.6 Å². The van der Waals surface area contributed by atoms with E-state index in [0.29, 0.717) is 10.7 Å². The molecule has 1 aliphatic rings. The van der Waals surface area contributed by atoms with E-state index in [4.69, 9.17) is 27.9 Å². The zero-order valence-electron chi connectivity index (χ0n) is 15.1. The fourth-order valence-corrected chi connectivity index (χ4v) is 3.39. The van der Waals surface area contributed by atoms with Crippen LogP contribution >= 0.6 is 23.2 Å². The van der Waals surface area contributed by atoms with E-state index in [9.17, 15) is 14.4 Å². The van der Waals surface area contributed by atoms with Crippen molar-refractivity contribution in [3.63, 3.8) is 0 Å². The number of ketones is 3. The largest absolute Gasteiger partial charge is 0.469 e. The van der Waals surface area contributed by atoms with Gasteiger partial charge in [0.2, 0.25) is 11.7 Å². The quantitative estimate of drug-likeness (QED) is 0.529. The van der Waals surface area contributed by atoms with Crippen LogP contribution in [0.25, 0.3) is 0 Å². The molecule has 3 rings (SSSR count). The molecule has 1 atom stereocenters. The van der Waals surface area contributed by atoms with Gasteiger partial charge in [0.1, 0.15) is 18.1 Å². The molecule has 1 aromatic carbocycles. The summed E-state index contributed by atoms with van der Waals surface area (Å²) < 4.78 is 6.98. The lowest BCUT2D eigenvalue weighted by Gasteiger charge is -2.13. The summed E-state index contributed by atoms with van der Waals surface area (Å²) in [5.74, 6) is -1.87. The highest BCUT2D eigenvalue weighted by atomic mass is 35.5. The van der Waals surface area contributed by atoms with E-state index in [-0.39, 0.29) is 34.4 Å². The summed E-state index contributed by atoms with van der Waals surface area (Å²) in [5, 5.41) is 4.82. The summed E-state index contributed by atoms with van der Waals surface area (Å²) in [4.78, 5) is 37.2. The number of nitrogens with zero attached hydrogens (tertiary/aromatic N) is 2. The number of aromatic nitrogens is 2. The zero-order chi connectivity index (χ0) is 20.4. The van der Waals surface area contributed by atoms with Gasteiger partial charge in [-0.25, -0.2) is 4.68 Å². The van der Waals surface area contributed by atoms with Gasteiger partial charge in [-0.2, -0.15) is 5.10 Å². The first-order valence-corrected chi connectivity index (χ1v) is 9.12. The number of allylic oxidation sites excluding steroid dienone is 4. The van der Waals surface area contributed by atoms with Crippen molar-refractivity contribution in [3.8, 4) is 5.88 Å². The highest BCUT2D eigenvalue weighted by Gasteiger charge is 2.28. The molecular weight excluding hydrogens is 403 g/mol. The van der Waals surface area contributed by atoms with Gasteiger partial charge in [0, 0.05) is 17.6 Å². The third kappa shape index (κ3) is 3.93. The molecular formula is C20H16Cl2N2O4. The first-order valence-electron chi connectivity index (χ1n) is 8.37. The zero-order valence-corrected chi connectivity index (χ0v) is 16.6. The number of rotatable bonds is 6. The van der Waals surface area contributed by atoms with Gasteiger partial charge in [-0.05, 0) is 31.2 Å². The van der Waals surface area contributed by atoms with Crippen LogP contribution in [0.3, 0.4) is 0 Å². The number of ether oxygens (including phenoxy) is 1. The third-order valence-electron chi connectivity index (χ3n) is 4.25. The van der Waals surface area contributed by atoms with E-state index in [1.54, 1.807) is 32.2 Å². The molecule has 0 fully saturated rings. The van der Waals surface area contributed by atoms with E-state index in [1.807, 2.05) is 0 Å². The van der Waals surface area contributed by atoms with Gasteiger partial charge < -0.3 is 4.74 Å². The van der Waals surface area contributed by atoms with Crippen LogP contribution < -0.4 is 4.74 Å². The maximum absolute atomic E-state index is 13.0. The summed E-state index contributed by atoms with van der Waals surface area (Å²) in [7, 11) is 1.60. The van der Waals surface area contributed by atoms with E-state index in [2.05, 4.69) is 5.10 Å². The number of aryl methyl sites for hydroxylation is 2. The van der Waals surface area contributed by atoms with Crippen molar-refractivity contribution in [2.45, 2.75) is 6.92 Å². The Hall–Kier alpha value is -2.70. The van der Waals surface area contributed by atoms with Crippen molar-refractivity contribution in [1.82, 2.24) is 9.78 Å². The molecule has 0 amide bonds. The Morgan fingerprint density at radius 3 is 2.68 bits per heavy atom. The fourth-order valence-electron chi connectivity index (χ4n) is 2.89. The van der Waals surface area contributed by atoms with Crippen LogP contribution in [0.5, 0.6) is 5.88 Å². The molecule has 1 heterocycles.